The molecular weight excluding hydrogens is 328 g/mol. The predicted molar refractivity (Wildman–Crippen MR) is 98.8 cm³/mol. The molecule has 0 heterocycles. The van der Waals surface area contributed by atoms with Crippen molar-refractivity contribution in [3.63, 3.8) is 0 Å². The third-order valence-electron chi connectivity index (χ3n) is 5.11. The van der Waals surface area contributed by atoms with Crippen LogP contribution in [0.2, 0.25) is 0 Å². The van der Waals surface area contributed by atoms with E-state index >= 15 is 0 Å². The Bertz CT molecular complexity index is 979. The maximum absolute atomic E-state index is 11.2. The quantitative estimate of drug-likeness (QED) is 0.632. The van der Waals surface area contributed by atoms with Crippen LogP contribution < -0.4 is 0 Å². The van der Waals surface area contributed by atoms with Gasteiger partial charge in [-0.1, -0.05) is 48.5 Å². The zero-order valence-electron chi connectivity index (χ0n) is 14.3. The van der Waals surface area contributed by atoms with Crippen LogP contribution in [0.4, 0.5) is 0 Å². The maximum atomic E-state index is 11.2. The van der Waals surface area contributed by atoms with E-state index in [1.165, 1.54) is 0 Å². The average molecular weight is 346 g/mol. The Morgan fingerprint density at radius 1 is 0.808 bits per heavy atom. The average Bonchev–Trinajstić information content (AvgIpc) is 2.98. The largest absolute Gasteiger partial charge is 0.461 e. The van der Waals surface area contributed by atoms with Gasteiger partial charge in [0.15, 0.2) is 0 Å². The fourth-order valence-electron chi connectivity index (χ4n) is 3.97. The highest BCUT2D eigenvalue weighted by molar-refractivity contribution is 5.92. The lowest BCUT2D eigenvalue weighted by Gasteiger charge is -2.28. The van der Waals surface area contributed by atoms with Crippen LogP contribution in [0.15, 0.2) is 60.7 Å². The van der Waals surface area contributed by atoms with Crippen LogP contribution in [-0.4, -0.2) is 25.2 Å². The Labute approximate surface area is 151 Å². The van der Waals surface area contributed by atoms with Gasteiger partial charge in [-0.2, -0.15) is 0 Å². The molecule has 3 aromatic rings. The highest BCUT2D eigenvalue weighted by Gasteiger charge is 2.39. The van der Waals surface area contributed by atoms with Crippen molar-refractivity contribution in [2.45, 2.75) is 25.0 Å². The molecule has 0 amide bonds. The minimum atomic E-state index is -0.596. The molecule has 4 rings (SSSR count). The van der Waals surface area contributed by atoms with E-state index in [2.05, 4.69) is 30.3 Å². The van der Waals surface area contributed by atoms with E-state index < -0.39 is 12.2 Å². The van der Waals surface area contributed by atoms with Gasteiger partial charge in [-0.3, -0.25) is 9.59 Å². The van der Waals surface area contributed by atoms with Gasteiger partial charge >= 0.3 is 0 Å². The Balaban J connectivity index is 1.93. The molecule has 0 fully saturated rings. The van der Waals surface area contributed by atoms with Gasteiger partial charge in [0.05, 0.1) is 5.92 Å². The first-order chi connectivity index (χ1) is 12.7. The first-order valence-electron chi connectivity index (χ1n) is 8.54. The SMILES string of the molecule is CC(OC=O)C(OC=O)C1c2ccccc2-c2cc3ccccc3cc21. The number of fused-ring (bicyclic) bond motifs is 4. The van der Waals surface area contributed by atoms with Crippen LogP contribution in [0.3, 0.4) is 0 Å². The summed E-state index contributed by atoms with van der Waals surface area (Å²) in [7, 11) is 0. The van der Waals surface area contributed by atoms with Crippen LogP contribution >= 0.6 is 0 Å². The summed E-state index contributed by atoms with van der Waals surface area (Å²) in [6.07, 6.45) is -1.16. The number of hydrogen-bond donors (Lipinski definition) is 0. The lowest BCUT2D eigenvalue weighted by Crippen LogP contribution is -2.34. The van der Waals surface area contributed by atoms with Gasteiger partial charge in [0.25, 0.3) is 12.9 Å². The minimum absolute atomic E-state index is 0.189. The number of benzene rings is 3. The van der Waals surface area contributed by atoms with Gasteiger partial charge in [-0.25, -0.2) is 0 Å². The summed E-state index contributed by atoms with van der Waals surface area (Å²) < 4.78 is 10.5. The highest BCUT2D eigenvalue weighted by Crippen LogP contribution is 2.48. The summed E-state index contributed by atoms with van der Waals surface area (Å²) in [6, 6.07) is 20.6. The van der Waals surface area contributed by atoms with Crippen LogP contribution in [-0.2, 0) is 19.1 Å². The molecule has 1 aliphatic carbocycles. The van der Waals surface area contributed by atoms with Gasteiger partial charge in [0.1, 0.15) is 12.2 Å². The van der Waals surface area contributed by atoms with Crippen molar-refractivity contribution in [3.8, 4) is 11.1 Å². The molecule has 0 N–H and O–H groups in total. The van der Waals surface area contributed by atoms with E-state index in [1.807, 2.05) is 30.3 Å². The van der Waals surface area contributed by atoms with E-state index in [9.17, 15) is 9.59 Å². The molecule has 1 aliphatic rings. The first-order valence-corrected chi connectivity index (χ1v) is 8.54. The summed E-state index contributed by atoms with van der Waals surface area (Å²) in [4.78, 5) is 22.0. The Kier molecular flexibility index (Phi) is 4.17. The maximum Gasteiger partial charge on any atom is 0.293 e. The second-order valence-electron chi connectivity index (χ2n) is 6.49. The molecule has 3 aromatic carbocycles. The number of rotatable bonds is 6. The monoisotopic (exact) mass is 346 g/mol. The Morgan fingerprint density at radius 3 is 2.19 bits per heavy atom. The molecular formula is C22H18O4. The molecule has 0 spiro atoms. The molecule has 130 valence electrons. The normalized spacial score (nSPS) is 17.0. The molecule has 0 saturated carbocycles. The second kappa shape index (κ2) is 6.64. The zero-order chi connectivity index (χ0) is 18.1. The van der Waals surface area contributed by atoms with E-state index in [0.717, 1.165) is 33.0 Å². The zero-order valence-corrected chi connectivity index (χ0v) is 14.3. The van der Waals surface area contributed by atoms with Gasteiger partial charge in [0.2, 0.25) is 0 Å². The lowest BCUT2D eigenvalue weighted by atomic mass is 9.87. The summed E-state index contributed by atoms with van der Waals surface area (Å²) in [5, 5.41) is 2.28. The van der Waals surface area contributed by atoms with Crippen LogP contribution in [0, 0.1) is 0 Å². The van der Waals surface area contributed by atoms with Crippen molar-refractivity contribution in [2.75, 3.05) is 0 Å². The van der Waals surface area contributed by atoms with Crippen LogP contribution in [0.1, 0.15) is 24.0 Å². The Hall–Kier alpha value is -3.14. The standard InChI is InChI=1S/C22H18O4/c1-14(25-12-23)22(26-13-24)21-18-9-5-4-8-17(18)19-10-15-6-2-3-7-16(15)11-20(19)21/h2-14,21-22H,1H3. The van der Waals surface area contributed by atoms with Crippen molar-refractivity contribution in [1.29, 1.82) is 0 Å². The van der Waals surface area contributed by atoms with Crippen molar-refractivity contribution in [2.24, 2.45) is 0 Å². The van der Waals surface area contributed by atoms with E-state index in [-0.39, 0.29) is 5.92 Å². The smallest absolute Gasteiger partial charge is 0.293 e. The third kappa shape index (κ3) is 2.54. The fraction of sp³-hybridized carbons (Fsp3) is 0.182. The minimum Gasteiger partial charge on any atom is -0.461 e. The van der Waals surface area contributed by atoms with Crippen LogP contribution in [0.5, 0.6) is 0 Å². The lowest BCUT2D eigenvalue weighted by molar-refractivity contribution is -0.150. The Morgan fingerprint density at radius 2 is 1.46 bits per heavy atom. The summed E-state index contributed by atoms with van der Waals surface area (Å²) >= 11 is 0. The highest BCUT2D eigenvalue weighted by atomic mass is 16.6. The molecule has 0 bridgehead atoms. The molecule has 3 atom stereocenters. The third-order valence-corrected chi connectivity index (χ3v) is 5.11. The number of carbonyl (C=O) groups is 2. The molecule has 0 aromatic heterocycles. The molecule has 3 unspecified atom stereocenters. The number of carbonyl (C=O) groups excluding carboxylic acids is 2. The van der Waals surface area contributed by atoms with E-state index in [1.54, 1.807) is 6.92 Å². The summed E-state index contributed by atoms with van der Waals surface area (Å²) in [5.41, 5.74) is 4.40. The number of ether oxygens (including phenoxy) is 2. The second-order valence-corrected chi connectivity index (χ2v) is 6.49. The van der Waals surface area contributed by atoms with Gasteiger partial charge in [-0.05, 0) is 52.1 Å². The summed E-state index contributed by atoms with van der Waals surface area (Å²) in [6.45, 7) is 2.56. The fourth-order valence-corrected chi connectivity index (χ4v) is 3.97. The predicted octanol–water partition coefficient (Wildman–Crippen LogP) is 4.06. The summed E-state index contributed by atoms with van der Waals surface area (Å²) in [5.74, 6) is -0.189. The van der Waals surface area contributed by atoms with Crippen molar-refractivity contribution < 1.29 is 19.1 Å². The van der Waals surface area contributed by atoms with Gasteiger partial charge < -0.3 is 9.47 Å². The first kappa shape index (κ1) is 16.3. The van der Waals surface area contributed by atoms with Crippen LogP contribution in [0.25, 0.3) is 21.9 Å². The molecule has 0 radical (unpaired) electrons. The molecule has 0 saturated heterocycles. The molecule has 0 aliphatic heterocycles. The van der Waals surface area contributed by atoms with E-state index in [4.69, 9.17) is 9.47 Å². The van der Waals surface area contributed by atoms with Crippen molar-refractivity contribution in [1.82, 2.24) is 0 Å². The van der Waals surface area contributed by atoms with E-state index in [0.29, 0.717) is 12.9 Å². The van der Waals surface area contributed by atoms with Crippen molar-refractivity contribution in [3.05, 3.63) is 71.8 Å². The number of hydrogen-bond acceptors (Lipinski definition) is 4. The topological polar surface area (TPSA) is 52.6 Å². The van der Waals surface area contributed by atoms with Gasteiger partial charge in [0, 0.05) is 0 Å². The molecule has 26 heavy (non-hydrogen) atoms. The molecule has 4 nitrogen and oxygen atoms in total. The van der Waals surface area contributed by atoms with Gasteiger partial charge in [-0.15, -0.1) is 0 Å². The van der Waals surface area contributed by atoms with Crippen molar-refractivity contribution >= 4 is 23.7 Å². The molecule has 4 heteroatoms.